The second-order valence-corrected chi connectivity index (χ2v) is 5.07. The van der Waals surface area contributed by atoms with Crippen LogP contribution in [-0.4, -0.2) is 18.0 Å². The second kappa shape index (κ2) is 3.84. The number of nitriles is 1. The number of hydrogen-bond donors (Lipinski definition) is 0. The largest absolute Gasteiger partial charge is 0.376 e. The second-order valence-electron chi connectivity index (χ2n) is 3.61. The van der Waals surface area contributed by atoms with Crippen LogP contribution in [0.1, 0.15) is 5.56 Å². The highest BCUT2D eigenvalue weighted by molar-refractivity contribution is 8.01. The van der Waals surface area contributed by atoms with E-state index in [4.69, 9.17) is 10.00 Å². The SMILES string of the molecule is Cc1cc(SC2(C#N)COC2)ccc1F. The zero-order valence-electron chi connectivity index (χ0n) is 8.29. The molecule has 15 heavy (non-hydrogen) atoms. The van der Waals surface area contributed by atoms with Gasteiger partial charge in [-0.05, 0) is 30.7 Å². The van der Waals surface area contributed by atoms with Gasteiger partial charge in [-0.2, -0.15) is 5.26 Å². The molecular weight excluding hydrogens is 213 g/mol. The quantitative estimate of drug-likeness (QED) is 0.772. The summed E-state index contributed by atoms with van der Waals surface area (Å²) in [4.78, 5) is 0.916. The van der Waals surface area contributed by atoms with Gasteiger partial charge in [-0.3, -0.25) is 0 Å². The third kappa shape index (κ3) is 1.99. The fourth-order valence-corrected chi connectivity index (χ4v) is 2.49. The molecule has 0 radical (unpaired) electrons. The lowest BCUT2D eigenvalue weighted by Gasteiger charge is -2.34. The Morgan fingerprint density at radius 3 is 2.73 bits per heavy atom. The van der Waals surface area contributed by atoms with Crippen LogP contribution in [0.2, 0.25) is 0 Å². The minimum Gasteiger partial charge on any atom is -0.376 e. The van der Waals surface area contributed by atoms with E-state index in [2.05, 4.69) is 6.07 Å². The molecule has 0 spiro atoms. The van der Waals surface area contributed by atoms with E-state index < -0.39 is 4.75 Å². The molecule has 1 aliphatic heterocycles. The molecule has 0 aromatic heterocycles. The number of ether oxygens (including phenoxy) is 1. The maximum atomic E-state index is 13.0. The molecule has 1 heterocycles. The van der Waals surface area contributed by atoms with Crippen molar-refractivity contribution in [2.45, 2.75) is 16.6 Å². The van der Waals surface area contributed by atoms with Crippen LogP contribution in [-0.2, 0) is 4.74 Å². The molecule has 0 unspecified atom stereocenters. The van der Waals surface area contributed by atoms with Crippen molar-refractivity contribution in [2.75, 3.05) is 13.2 Å². The van der Waals surface area contributed by atoms with Crippen LogP contribution in [0.25, 0.3) is 0 Å². The average molecular weight is 223 g/mol. The van der Waals surface area contributed by atoms with Gasteiger partial charge in [-0.1, -0.05) is 11.8 Å². The van der Waals surface area contributed by atoms with E-state index in [-0.39, 0.29) is 5.82 Å². The molecule has 1 aliphatic rings. The minimum absolute atomic E-state index is 0.213. The van der Waals surface area contributed by atoms with Crippen molar-refractivity contribution >= 4 is 11.8 Å². The van der Waals surface area contributed by atoms with E-state index in [9.17, 15) is 4.39 Å². The molecule has 0 amide bonds. The third-order valence-electron chi connectivity index (χ3n) is 2.32. The van der Waals surface area contributed by atoms with Crippen LogP contribution in [0.3, 0.4) is 0 Å². The summed E-state index contributed by atoms with van der Waals surface area (Å²) in [7, 11) is 0. The first kappa shape index (κ1) is 10.5. The fraction of sp³-hybridized carbons (Fsp3) is 0.364. The van der Waals surface area contributed by atoms with E-state index in [1.807, 2.05) is 0 Å². The highest BCUT2D eigenvalue weighted by Gasteiger charge is 2.40. The molecule has 1 aromatic carbocycles. The van der Waals surface area contributed by atoms with E-state index >= 15 is 0 Å². The predicted molar refractivity (Wildman–Crippen MR) is 56.2 cm³/mol. The van der Waals surface area contributed by atoms with Gasteiger partial charge >= 0.3 is 0 Å². The maximum absolute atomic E-state index is 13.0. The Morgan fingerprint density at radius 1 is 1.53 bits per heavy atom. The molecule has 0 aliphatic carbocycles. The first-order valence-corrected chi connectivity index (χ1v) is 5.41. The third-order valence-corrected chi connectivity index (χ3v) is 3.52. The molecule has 1 aromatic rings. The summed E-state index contributed by atoms with van der Waals surface area (Å²) < 4.78 is 17.6. The predicted octanol–water partition coefficient (Wildman–Crippen LogP) is 2.52. The molecule has 2 nitrogen and oxygen atoms in total. The number of halogens is 1. The molecule has 0 saturated carbocycles. The Hall–Kier alpha value is -1.05. The molecule has 0 atom stereocenters. The van der Waals surface area contributed by atoms with Gasteiger partial charge in [0, 0.05) is 4.90 Å². The van der Waals surface area contributed by atoms with Crippen LogP contribution >= 0.6 is 11.8 Å². The zero-order chi connectivity index (χ0) is 10.9. The summed E-state index contributed by atoms with van der Waals surface area (Å²) >= 11 is 1.45. The van der Waals surface area contributed by atoms with Crippen molar-refractivity contribution in [1.82, 2.24) is 0 Å². The number of rotatable bonds is 2. The van der Waals surface area contributed by atoms with Crippen LogP contribution < -0.4 is 0 Å². The number of benzene rings is 1. The first-order chi connectivity index (χ1) is 7.15. The van der Waals surface area contributed by atoms with E-state index in [1.54, 1.807) is 19.1 Å². The van der Waals surface area contributed by atoms with Gasteiger partial charge < -0.3 is 4.74 Å². The fourth-order valence-electron chi connectivity index (χ4n) is 1.34. The van der Waals surface area contributed by atoms with Crippen LogP contribution in [0.5, 0.6) is 0 Å². The summed E-state index contributed by atoms with van der Waals surface area (Å²) in [5, 5.41) is 9.00. The maximum Gasteiger partial charge on any atom is 0.153 e. The van der Waals surface area contributed by atoms with Crippen molar-refractivity contribution in [2.24, 2.45) is 0 Å². The monoisotopic (exact) mass is 223 g/mol. The Bertz CT molecular complexity index is 423. The first-order valence-electron chi connectivity index (χ1n) is 4.59. The van der Waals surface area contributed by atoms with Gasteiger partial charge in [-0.25, -0.2) is 4.39 Å². The van der Waals surface area contributed by atoms with E-state index in [0.29, 0.717) is 18.8 Å². The van der Waals surface area contributed by atoms with Crippen LogP contribution in [0.15, 0.2) is 23.1 Å². The highest BCUT2D eigenvalue weighted by atomic mass is 32.2. The molecule has 1 fully saturated rings. The summed E-state index contributed by atoms with van der Waals surface area (Å²) in [5.41, 5.74) is 0.605. The summed E-state index contributed by atoms with van der Waals surface area (Å²) in [5.74, 6) is -0.213. The summed E-state index contributed by atoms with van der Waals surface area (Å²) in [6.07, 6.45) is 0. The lowest BCUT2D eigenvalue weighted by molar-refractivity contribution is 0.0161. The molecule has 2 rings (SSSR count). The Balaban J connectivity index is 2.18. The number of thioether (sulfide) groups is 1. The lowest BCUT2D eigenvalue weighted by atomic mass is 10.1. The number of hydrogen-bond acceptors (Lipinski definition) is 3. The van der Waals surface area contributed by atoms with E-state index in [1.165, 1.54) is 17.8 Å². The minimum atomic E-state index is -0.468. The van der Waals surface area contributed by atoms with Crippen molar-refractivity contribution in [3.8, 4) is 6.07 Å². The smallest absolute Gasteiger partial charge is 0.153 e. The zero-order valence-corrected chi connectivity index (χ0v) is 9.10. The van der Waals surface area contributed by atoms with Gasteiger partial charge in [0.25, 0.3) is 0 Å². The number of nitrogens with zero attached hydrogens (tertiary/aromatic N) is 1. The standard InChI is InChI=1S/C11H10FNOS/c1-8-4-9(2-3-10(8)12)15-11(5-13)6-14-7-11/h2-4H,6-7H2,1H3. The van der Waals surface area contributed by atoms with Gasteiger partial charge in [-0.15, -0.1) is 0 Å². The van der Waals surface area contributed by atoms with Gasteiger partial charge in [0.05, 0.1) is 19.3 Å². The average Bonchev–Trinajstić information content (AvgIpc) is 2.17. The van der Waals surface area contributed by atoms with Crippen molar-refractivity contribution in [3.05, 3.63) is 29.6 Å². The summed E-state index contributed by atoms with van der Waals surface area (Å²) in [6, 6.07) is 7.13. The summed E-state index contributed by atoms with van der Waals surface area (Å²) in [6.45, 7) is 2.62. The molecule has 0 N–H and O–H groups in total. The van der Waals surface area contributed by atoms with E-state index in [0.717, 1.165) is 4.90 Å². The van der Waals surface area contributed by atoms with Crippen LogP contribution in [0, 0.1) is 24.1 Å². The lowest BCUT2D eigenvalue weighted by Crippen LogP contribution is -2.45. The molecule has 78 valence electrons. The molecule has 0 bridgehead atoms. The van der Waals surface area contributed by atoms with Crippen molar-refractivity contribution in [3.63, 3.8) is 0 Å². The van der Waals surface area contributed by atoms with Gasteiger partial charge in [0.15, 0.2) is 4.75 Å². The Kier molecular flexibility index (Phi) is 2.68. The Labute approximate surface area is 92.0 Å². The normalized spacial score (nSPS) is 17.9. The van der Waals surface area contributed by atoms with Crippen molar-refractivity contribution < 1.29 is 9.13 Å². The number of aryl methyl sites for hydroxylation is 1. The Morgan fingerprint density at radius 2 is 2.27 bits per heavy atom. The topological polar surface area (TPSA) is 33.0 Å². The molecular formula is C11H10FNOS. The van der Waals surface area contributed by atoms with Crippen molar-refractivity contribution in [1.29, 1.82) is 5.26 Å². The molecule has 4 heteroatoms. The van der Waals surface area contributed by atoms with Gasteiger partial charge in [0.2, 0.25) is 0 Å². The molecule has 1 saturated heterocycles. The van der Waals surface area contributed by atoms with Gasteiger partial charge in [0.1, 0.15) is 5.82 Å². The highest BCUT2D eigenvalue weighted by Crippen LogP contribution is 2.38. The van der Waals surface area contributed by atoms with Crippen LogP contribution in [0.4, 0.5) is 4.39 Å².